The number of hydrogen-bond acceptors (Lipinski definition) is 5. The minimum atomic E-state index is -0.516. The Morgan fingerprint density at radius 2 is 1.60 bits per heavy atom. The normalized spacial score (nSPS) is 12.5. The van der Waals surface area contributed by atoms with Gasteiger partial charge in [-0.25, -0.2) is 9.59 Å². The van der Waals surface area contributed by atoms with E-state index < -0.39 is 11.9 Å². The highest BCUT2D eigenvalue weighted by Crippen LogP contribution is 2.39. The molecule has 0 saturated carbocycles. The molecular weight excluding hydrogens is 446 g/mol. The lowest BCUT2D eigenvalue weighted by Crippen LogP contribution is -2.24. The second-order valence-corrected chi connectivity index (χ2v) is 10.9. The summed E-state index contributed by atoms with van der Waals surface area (Å²) in [5, 5.41) is 10.6. The SMILES string of the molecule is C=C(C)C(=O)OCCOC(=O)c1ccc2c(c1)n1n(-c3cc(C(C)(C)CC(C)(C)C)ccc3O)n21. The van der Waals surface area contributed by atoms with Gasteiger partial charge in [0.2, 0.25) is 0 Å². The zero-order chi connectivity index (χ0) is 25.7. The van der Waals surface area contributed by atoms with Gasteiger partial charge in [-0.1, -0.05) is 47.3 Å². The largest absolute Gasteiger partial charge is 0.506 e. The van der Waals surface area contributed by atoms with Crippen molar-refractivity contribution in [3.8, 4) is 11.4 Å². The van der Waals surface area contributed by atoms with Gasteiger partial charge in [0.15, 0.2) is 0 Å². The topological polar surface area (TPSA) is 86.6 Å². The van der Waals surface area contributed by atoms with Crippen molar-refractivity contribution in [1.29, 1.82) is 0 Å². The second kappa shape index (κ2) is 8.52. The van der Waals surface area contributed by atoms with Gasteiger partial charge < -0.3 is 14.6 Å². The Labute approximate surface area is 204 Å². The van der Waals surface area contributed by atoms with Gasteiger partial charge in [0.05, 0.1) is 5.56 Å². The van der Waals surface area contributed by atoms with Crippen LogP contribution in [0.2, 0.25) is 0 Å². The average Bonchev–Trinajstić information content (AvgIpc) is 3.41. The molecule has 2 aromatic carbocycles. The van der Waals surface area contributed by atoms with Crippen LogP contribution in [0.3, 0.4) is 0 Å². The van der Waals surface area contributed by atoms with E-state index in [-0.39, 0.29) is 29.8 Å². The van der Waals surface area contributed by atoms with Crippen molar-refractivity contribution in [2.45, 2.75) is 53.4 Å². The molecule has 2 heterocycles. The summed E-state index contributed by atoms with van der Waals surface area (Å²) in [6, 6.07) is 11.0. The Kier molecular flexibility index (Phi) is 5.95. The van der Waals surface area contributed by atoms with E-state index in [1.807, 2.05) is 32.3 Å². The maximum Gasteiger partial charge on any atom is 0.338 e. The summed E-state index contributed by atoms with van der Waals surface area (Å²) in [6.07, 6.45) is 0.996. The summed E-state index contributed by atoms with van der Waals surface area (Å²) in [5.74, 6) is -0.831. The Morgan fingerprint density at radius 3 is 2.26 bits per heavy atom. The molecule has 0 aliphatic carbocycles. The van der Waals surface area contributed by atoms with E-state index in [2.05, 4.69) is 41.2 Å². The van der Waals surface area contributed by atoms with Gasteiger partial charge in [-0.05, 0) is 60.1 Å². The van der Waals surface area contributed by atoms with Gasteiger partial charge in [0.25, 0.3) is 0 Å². The molecule has 8 nitrogen and oxygen atoms in total. The highest BCUT2D eigenvalue weighted by atomic mass is 16.6. The van der Waals surface area contributed by atoms with Crippen LogP contribution in [0.4, 0.5) is 0 Å². The molecule has 0 spiro atoms. The number of rotatable bonds is 8. The number of benzene rings is 2. The van der Waals surface area contributed by atoms with Gasteiger partial charge in [-0.3, -0.25) is 0 Å². The van der Waals surface area contributed by atoms with Crippen molar-refractivity contribution in [3.05, 3.63) is 59.7 Å². The smallest absolute Gasteiger partial charge is 0.338 e. The third-order valence-electron chi connectivity index (χ3n) is 5.99. The van der Waals surface area contributed by atoms with E-state index in [4.69, 9.17) is 9.47 Å². The molecule has 0 fully saturated rings. The summed E-state index contributed by atoms with van der Waals surface area (Å²) < 4.78 is 14.0. The fraction of sp³-hybridized carbons (Fsp3) is 0.407. The van der Waals surface area contributed by atoms with Crippen LogP contribution in [0.5, 0.6) is 5.75 Å². The van der Waals surface area contributed by atoms with Crippen LogP contribution >= 0.6 is 0 Å². The molecule has 186 valence electrons. The molecule has 0 bridgehead atoms. The highest BCUT2D eigenvalue weighted by Gasteiger charge is 2.31. The Morgan fingerprint density at radius 1 is 0.943 bits per heavy atom. The van der Waals surface area contributed by atoms with Gasteiger partial charge >= 0.3 is 11.9 Å². The molecule has 0 amide bonds. The van der Waals surface area contributed by atoms with Gasteiger partial charge in [0, 0.05) is 5.57 Å². The van der Waals surface area contributed by atoms with Crippen molar-refractivity contribution in [3.63, 3.8) is 0 Å². The lowest BCUT2D eigenvalue weighted by atomic mass is 9.72. The lowest BCUT2D eigenvalue weighted by molar-refractivity contribution is -0.140. The van der Waals surface area contributed by atoms with Gasteiger partial charge in [-0.2, -0.15) is 0 Å². The minimum Gasteiger partial charge on any atom is -0.506 e. The Balaban J connectivity index is 1.53. The van der Waals surface area contributed by atoms with Crippen LogP contribution in [-0.4, -0.2) is 44.3 Å². The number of nitrogens with zero attached hydrogens (tertiary/aromatic N) is 3. The molecule has 0 aliphatic rings. The fourth-order valence-electron chi connectivity index (χ4n) is 4.68. The fourth-order valence-corrected chi connectivity index (χ4v) is 4.68. The van der Waals surface area contributed by atoms with Crippen molar-refractivity contribution >= 4 is 23.0 Å². The second-order valence-electron chi connectivity index (χ2n) is 10.9. The number of carbonyl (C=O) groups excluding carboxylic acids is 2. The number of esters is 2. The maximum atomic E-state index is 12.4. The lowest BCUT2D eigenvalue weighted by Gasteiger charge is -2.33. The number of carbonyl (C=O) groups is 2. The molecule has 0 atom stereocenters. The van der Waals surface area contributed by atoms with Crippen LogP contribution in [-0.2, 0) is 19.7 Å². The number of ether oxygens (including phenoxy) is 2. The van der Waals surface area contributed by atoms with Crippen LogP contribution < -0.4 is 0 Å². The predicted octanol–water partition coefficient (Wildman–Crippen LogP) is 5.12. The van der Waals surface area contributed by atoms with Crippen molar-refractivity contribution in [1.82, 2.24) is 14.1 Å². The maximum absolute atomic E-state index is 12.4. The molecule has 0 aliphatic heterocycles. The molecule has 4 rings (SSSR count). The standard InChI is InChI=1S/C27H33N3O5/c1-17(2)24(32)34-12-13-35-25(33)18-8-10-20-21(14-18)29-28(20)30(29)22-15-19(9-11-23(22)31)27(6,7)16-26(3,4)5/h8-11,14-15,31H,1,12-13,16H2,2-7H3. The van der Waals surface area contributed by atoms with Crippen LogP contribution in [0, 0.1) is 5.41 Å². The van der Waals surface area contributed by atoms with E-state index in [0.717, 1.165) is 23.0 Å². The van der Waals surface area contributed by atoms with Gasteiger partial charge in [-0.15, -0.1) is 14.1 Å². The molecule has 35 heavy (non-hydrogen) atoms. The first-order valence-electron chi connectivity index (χ1n) is 11.7. The van der Waals surface area contributed by atoms with Crippen molar-refractivity contribution in [2.75, 3.05) is 13.2 Å². The first kappa shape index (κ1) is 24.4. The zero-order valence-corrected chi connectivity index (χ0v) is 21.2. The minimum absolute atomic E-state index is 0.0305. The molecule has 2 aromatic heterocycles. The number of phenolic OH excluding ortho intramolecular Hbond substituents is 1. The summed E-state index contributed by atoms with van der Waals surface area (Å²) in [6.45, 7) is 16.1. The highest BCUT2D eigenvalue weighted by molar-refractivity contribution is 5.94. The summed E-state index contributed by atoms with van der Waals surface area (Å²) in [4.78, 5) is 25.7. The Hall–Kier alpha value is -3.68. The van der Waals surface area contributed by atoms with E-state index in [1.165, 1.54) is 0 Å². The molecular formula is C27H33N3O5. The summed E-state index contributed by atoms with van der Waals surface area (Å²) >= 11 is 0. The zero-order valence-electron chi connectivity index (χ0n) is 21.2. The first-order chi connectivity index (χ1) is 16.3. The predicted molar refractivity (Wildman–Crippen MR) is 134 cm³/mol. The number of hydrogen-bond donors (Lipinski definition) is 1. The monoisotopic (exact) mass is 479 g/mol. The van der Waals surface area contributed by atoms with Crippen molar-refractivity contribution < 1.29 is 24.2 Å². The van der Waals surface area contributed by atoms with Crippen molar-refractivity contribution in [2.24, 2.45) is 5.41 Å². The third kappa shape index (κ3) is 4.78. The number of phenols is 1. The first-order valence-corrected chi connectivity index (χ1v) is 11.7. The Bertz CT molecular complexity index is 1410. The molecule has 0 radical (unpaired) electrons. The summed E-state index contributed by atoms with van der Waals surface area (Å²) in [7, 11) is 0. The molecule has 1 N–H and O–H groups in total. The summed E-state index contributed by atoms with van der Waals surface area (Å²) in [5.41, 5.74) is 4.39. The van der Waals surface area contributed by atoms with E-state index in [0.29, 0.717) is 16.8 Å². The third-order valence-corrected chi connectivity index (χ3v) is 5.99. The van der Waals surface area contributed by atoms with E-state index in [1.54, 1.807) is 25.1 Å². The van der Waals surface area contributed by atoms with Crippen LogP contribution in [0.25, 0.3) is 16.7 Å². The van der Waals surface area contributed by atoms with Crippen LogP contribution in [0.15, 0.2) is 48.6 Å². The molecule has 0 unspecified atom stereocenters. The molecule has 0 saturated heterocycles. The molecule has 4 aromatic rings. The van der Waals surface area contributed by atoms with E-state index in [9.17, 15) is 14.7 Å². The van der Waals surface area contributed by atoms with E-state index >= 15 is 0 Å². The number of aromatic nitrogens is 3. The quantitative estimate of drug-likeness (QED) is 0.215. The average molecular weight is 480 g/mol. The number of aromatic hydroxyl groups is 1. The van der Waals surface area contributed by atoms with Crippen LogP contribution in [0.1, 0.15) is 63.9 Å². The van der Waals surface area contributed by atoms with Gasteiger partial charge in [0.1, 0.15) is 35.7 Å². The molecule has 8 heteroatoms. The number of fused-ring (bicyclic) bond motifs is 4.